The molecule has 5 N–H and O–H groups in total. The summed E-state index contributed by atoms with van der Waals surface area (Å²) in [5.41, 5.74) is 3.82. The molecule has 4 aromatic rings. The van der Waals surface area contributed by atoms with Crippen LogP contribution in [-0.4, -0.2) is 101 Å². The maximum atomic E-state index is 13.9. The smallest absolute Gasteiger partial charge is 0.407 e. The van der Waals surface area contributed by atoms with E-state index in [1.165, 1.54) is 0 Å². The first-order chi connectivity index (χ1) is 28.7. The van der Waals surface area contributed by atoms with Gasteiger partial charge in [-0.3, -0.25) is 14.4 Å². The molecule has 1 aromatic heterocycles. The molecule has 1 heterocycles. The summed E-state index contributed by atoms with van der Waals surface area (Å²) in [5.74, 6) is 0.358. The molecule has 6 rings (SSSR count). The molecule has 3 aromatic carbocycles. The summed E-state index contributed by atoms with van der Waals surface area (Å²) in [7, 11) is 5.80. The molecule has 0 bridgehead atoms. The highest BCUT2D eigenvalue weighted by Gasteiger charge is 2.31. The first kappa shape index (κ1) is 43.7. The van der Waals surface area contributed by atoms with E-state index in [2.05, 4.69) is 60.9 Å². The summed E-state index contributed by atoms with van der Waals surface area (Å²) in [6.45, 7) is 5.96. The van der Waals surface area contributed by atoms with Crippen molar-refractivity contribution in [2.24, 2.45) is 11.8 Å². The maximum Gasteiger partial charge on any atom is 0.407 e. The first-order valence-electron chi connectivity index (χ1n) is 20.9. The summed E-state index contributed by atoms with van der Waals surface area (Å²) < 4.78 is 11.1. The molecule has 1 atom stereocenters. The fourth-order valence-electron chi connectivity index (χ4n) is 8.02. The second-order valence-electron chi connectivity index (χ2n) is 17.2. The van der Waals surface area contributed by atoms with Gasteiger partial charge in [-0.25, -0.2) is 4.79 Å². The van der Waals surface area contributed by atoms with E-state index in [0.717, 1.165) is 60.8 Å². The van der Waals surface area contributed by atoms with Gasteiger partial charge in [0.15, 0.2) is 0 Å². The van der Waals surface area contributed by atoms with Crippen molar-refractivity contribution >= 4 is 29.5 Å². The number of amides is 4. The van der Waals surface area contributed by atoms with Crippen molar-refractivity contribution in [3.8, 4) is 28.3 Å². The van der Waals surface area contributed by atoms with Gasteiger partial charge in [0.25, 0.3) is 5.91 Å². The number of H-pyrrole nitrogens is 1. The zero-order valence-electron chi connectivity index (χ0n) is 35.5. The van der Waals surface area contributed by atoms with Crippen molar-refractivity contribution in [1.29, 1.82) is 0 Å². The Hall–Kier alpha value is -5.83. The van der Waals surface area contributed by atoms with Crippen LogP contribution in [0.2, 0.25) is 0 Å². The molecule has 0 aliphatic heterocycles. The van der Waals surface area contributed by atoms with Crippen LogP contribution in [0.5, 0.6) is 5.75 Å². The number of aromatic nitrogens is 4. The molecule has 320 valence electrons. The second-order valence-corrected chi connectivity index (χ2v) is 17.2. The van der Waals surface area contributed by atoms with E-state index in [-0.39, 0.29) is 42.0 Å². The number of alkyl carbamates (subject to hydrolysis) is 1. The number of carbonyl (C=O) groups excluding carboxylic acids is 4. The monoisotopic (exact) mass is 821 g/mol. The number of ether oxygens (including phenoxy) is 2. The highest BCUT2D eigenvalue weighted by atomic mass is 16.6. The maximum absolute atomic E-state index is 13.9. The van der Waals surface area contributed by atoms with Crippen molar-refractivity contribution in [2.45, 2.75) is 102 Å². The average Bonchev–Trinajstić information content (AvgIpc) is 3.78. The minimum Gasteiger partial charge on any atom is -0.496 e. The van der Waals surface area contributed by atoms with Crippen LogP contribution < -0.4 is 26.0 Å². The topological polar surface area (TPSA) is 193 Å². The third-order valence-corrected chi connectivity index (χ3v) is 11.5. The lowest BCUT2D eigenvalue weighted by Gasteiger charge is -2.33. The quantitative estimate of drug-likeness (QED) is 0.0987. The van der Waals surface area contributed by atoms with Crippen LogP contribution in [-0.2, 0) is 20.7 Å². The highest BCUT2D eigenvalue weighted by molar-refractivity contribution is 5.98. The van der Waals surface area contributed by atoms with Crippen LogP contribution in [0.4, 0.5) is 10.5 Å². The largest absolute Gasteiger partial charge is 0.496 e. The van der Waals surface area contributed by atoms with Crippen LogP contribution >= 0.6 is 0 Å². The number of nitrogens with one attached hydrogen (secondary N) is 5. The number of nitrogens with zero attached hydrogens (tertiary/aromatic N) is 4. The van der Waals surface area contributed by atoms with Gasteiger partial charge in [0, 0.05) is 53.3 Å². The lowest BCUT2D eigenvalue weighted by atomic mass is 9.81. The van der Waals surface area contributed by atoms with Gasteiger partial charge in [-0.15, -0.1) is 10.2 Å². The van der Waals surface area contributed by atoms with E-state index < -0.39 is 17.7 Å². The number of methoxy groups -OCH3 is 1. The van der Waals surface area contributed by atoms with E-state index in [9.17, 15) is 19.2 Å². The zero-order chi connectivity index (χ0) is 42.8. The number of hydrogen-bond acceptors (Lipinski definition) is 10. The Labute approximate surface area is 352 Å². The fraction of sp³-hybridized carbons (Fsp3) is 0.489. The molecule has 0 saturated heterocycles. The standard InChI is InChI=1S/C45H59N9O6/c1-45(2,3)60-44(58)46-27-29-9-13-32(14-10-29)41(55)49-38(43(57)48-34-18-15-31(16-19-34)40-50-52-53-51-40)25-28-7-11-30(12-8-28)37-24-17-33(26-39(37)59-6)42(56)47-35-20-22-36(23-21-35)54(4)5/h7-8,11-12,15-19,24,26,29,32,35-36,38H,9-10,13-14,20-23,25,27H2,1-6H3,(H,46,58)(H,47,56)(H,48,57)(H,49,55)(H,50,51,52,53). The molecule has 2 fully saturated rings. The number of hydrogen-bond donors (Lipinski definition) is 5. The molecular weight excluding hydrogens is 763 g/mol. The van der Waals surface area contributed by atoms with E-state index in [4.69, 9.17) is 9.47 Å². The van der Waals surface area contributed by atoms with Gasteiger partial charge in [0.05, 0.1) is 7.11 Å². The van der Waals surface area contributed by atoms with Gasteiger partial charge in [-0.2, -0.15) is 5.21 Å². The third-order valence-electron chi connectivity index (χ3n) is 11.5. The summed E-state index contributed by atoms with van der Waals surface area (Å²) in [4.78, 5) is 55.3. The molecular formula is C45H59N9O6. The van der Waals surface area contributed by atoms with Crippen LogP contribution in [0, 0.1) is 11.8 Å². The third kappa shape index (κ3) is 12.1. The van der Waals surface area contributed by atoms with Gasteiger partial charge in [-0.05, 0) is 151 Å². The Morgan fingerprint density at radius 3 is 2.17 bits per heavy atom. The fourth-order valence-corrected chi connectivity index (χ4v) is 8.02. The van der Waals surface area contributed by atoms with Crippen molar-refractivity contribution in [2.75, 3.05) is 33.1 Å². The predicted octanol–water partition coefficient (Wildman–Crippen LogP) is 6.14. The minimum absolute atomic E-state index is 0.110. The number of anilines is 1. The predicted molar refractivity (Wildman–Crippen MR) is 229 cm³/mol. The lowest BCUT2D eigenvalue weighted by Crippen LogP contribution is -2.48. The molecule has 60 heavy (non-hydrogen) atoms. The lowest BCUT2D eigenvalue weighted by molar-refractivity contribution is -0.130. The van der Waals surface area contributed by atoms with Crippen molar-refractivity contribution in [1.82, 2.24) is 41.5 Å². The van der Waals surface area contributed by atoms with E-state index >= 15 is 0 Å². The molecule has 15 nitrogen and oxygen atoms in total. The molecule has 4 amide bonds. The molecule has 15 heteroatoms. The van der Waals surface area contributed by atoms with Gasteiger partial charge in [0.1, 0.15) is 17.4 Å². The minimum atomic E-state index is -0.864. The SMILES string of the molecule is COc1cc(C(=O)NC2CCC(N(C)C)CC2)ccc1-c1ccc(CC(NC(=O)C2CCC(CNC(=O)OC(C)(C)C)CC2)C(=O)Nc2ccc(-c3nn[nH]n3)cc2)cc1. The van der Waals surface area contributed by atoms with Crippen LogP contribution in [0.15, 0.2) is 66.7 Å². The van der Waals surface area contributed by atoms with Crippen molar-refractivity contribution in [3.63, 3.8) is 0 Å². The van der Waals surface area contributed by atoms with Crippen LogP contribution in [0.1, 0.15) is 88.1 Å². The number of aromatic amines is 1. The summed E-state index contributed by atoms with van der Waals surface area (Å²) >= 11 is 0. The Morgan fingerprint density at radius 2 is 1.55 bits per heavy atom. The van der Waals surface area contributed by atoms with Crippen LogP contribution in [0.25, 0.3) is 22.5 Å². The molecule has 0 spiro atoms. The molecule has 0 radical (unpaired) electrons. The Bertz CT molecular complexity index is 2050. The van der Waals surface area contributed by atoms with Crippen molar-refractivity contribution in [3.05, 3.63) is 77.9 Å². The molecule has 2 aliphatic rings. The normalized spacial score (nSPS) is 19.8. The summed E-state index contributed by atoms with van der Waals surface area (Å²) in [6, 6.07) is 20.2. The number of carbonyl (C=O) groups is 4. The van der Waals surface area contributed by atoms with E-state index in [1.54, 1.807) is 37.4 Å². The Morgan fingerprint density at radius 1 is 0.867 bits per heavy atom. The Balaban J connectivity index is 1.10. The second kappa shape index (κ2) is 19.9. The van der Waals surface area contributed by atoms with E-state index in [0.29, 0.717) is 48.3 Å². The molecule has 2 saturated carbocycles. The van der Waals surface area contributed by atoms with E-state index in [1.807, 2.05) is 57.2 Å². The molecule has 1 unspecified atom stereocenters. The molecule has 2 aliphatic carbocycles. The Kier molecular flexibility index (Phi) is 14.5. The summed E-state index contributed by atoms with van der Waals surface area (Å²) in [5, 5.41) is 26.2. The summed E-state index contributed by atoms with van der Waals surface area (Å²) in [6.07, 6.45) is 6.66. The van der Waals surface area contributed by atoms with Gasteiger partial charge in [0.2, 0.25) is 17.6 Å². The van der Waals surface area contributed by atoms with Crippen LogP contribution in [0.3, 0.4) is 0 Å². The van der Waals surface area contributed by atoms with Crippen molar-refractivity contribution < 1.29 is 28.7 Å². The van der Waals surface area contributed by atoms with Gasteiger partial charge < -0.3 is 35.6 Å². The number of tetrazole rings is 1. The van der Waals surface area contributed by atoms with Gasteiger partial charge >= 0.3 is 6.09 Å². The van der Waals surface area contributed by atoms with Gasteiger partial charge in [-0.1, -0.05) is 24.3 Å². The average molecular weight is 822 g/mol. The number of rotatable bonds is 14. The first-order valence-corrected chi connectivity index (χ1v) is 20.9. The number of benzene rings is 3. The highest BCUT2D eigenvalue weighted by Crippen LogP contribution is 2.32. The zero-order valence-corrected chi connectivity index (χ0v) is 35.5.